The van der Waals surface area contributed by atoms with Crippen LogP contribution in [-0.2, 0) is 9.53 Å². The summed E-state index contributed by atoms with van der Waals surface area (Å²) in [6, 6.07) is 12.9. The number of aromatic nitrogens is 1. The van der Waals surface area contributed by atoms with Gasteiger partial charge in [-0.05, 0) is 24.1 Å². The van der Waals surface area contributed by atoms with Gasteiger partial charge in [-0.15, -0.1) is 0 Å². The first-order valence-electron chi connectivity index (χ1n) is 7.84. The second kappa shape index (κ2) is 8.76. The Morgan fingerprint density at radius 3 is 2.46 bits per heavy atom. The summed E-state index contributed by atoms with van der Waals surface area (Å²) in [6.07, 6.45) is 3.33. The number of carbonyl (C=O) groups excluding carboxylic acids is 1. The van der Waals surface area contributed by atoms with Gasteiger partial charge in [-0.3, -0.25) is 19.9 Å². The predicted octanol–water partition coefficient (Wildman–Crippen LogP) is 3.18. The van der Waals surface area contributed by atoms with E-state index in [1.807, 2.05) is 36.4 Å². The van der Waals surface area contributed by atoms with E-state index in [4.69, 9.17) is 4.74 Å². The maximum absolute atomic E-state index is 12.0. The van der Waals surface area contributed by atoms with Crippen molar-refractivity contribution in [2.75, 3.05) is 13.2 Å². The van der Waals surface area contributed by atoms with Gasteiger partial charge in [0.05, 0.1) is 18.9 Å². The fourth-order valence-corrected chi connectivity index (χ4v) is 2.81. The highest BCUT2D eigenvalue weighted by Gasteiger charge is 2.31. The molecular weight excluding hydrogens is 308 g/mol. The Morgan fingerprint density at radius 1 is 1.17 bits per heavy atom. The Kier molecular flexibility index (Phi) is 6.42. The van der Waals surface area contributed by atoms with Crippen LogP contribution >= 0.6 is 0 Å². The number of rotatable bonds is 8. The molecule has 2 atom stereocenters. The van der Waals surface area contributed by atoms with Gasteiger partial charge in [0.15, 0.2) is 0 Å². The predicted molar refractivity (Wildman–Crippen MR) is 89.3 cm³/mol. The van der Waals surface area contributed by atoms with Crippen molar-refractivity contribution in [3.8, 4) is 0 Å². The van der Waals surface area contributed by atoms with E-state index in [9.17, 15) is 14.9 Å². The van der Waals surface area contributed by atoms with Crippen molar-refractivity contribution in [3.63, 3.8) is 0 Å². The zero-order valence-corrected chi connectivity index (χ0v) is 13.5. The molecule has 0 amide bonds. The number of nitro groups is 1. The highest BCUT2D eigenvalue weighted by Crippen LogP contribution is 2.36. The summed E-state index contributed by atoms with van der Waals surface area (Å²) in [5.74, 6) is -1.16. The molecule has 6 heteroatoms. The van der Waals surface area contributed by atoms with Crippen LogP contribution in [0, 0.1) is 10.1 Å². The first kappa shape index (κ1) is 17.6. The number of ether oxygens (including phenoxy) is 1. The highest BCUT2D eigenvalue weighted by molar-refractivity contribution is 5.70. The Hall–Kier alpha value is -2.76. The van der Waals surface area contributed by atoms with Crippen LogP contribution in [0.15, 0.2) is 54.9 Å². The summed E-state index contributed by atoms with van der Waals surface area (Å²) in [7, 11) is 0. The number of hydrogen-bond acceptors (Lipinski definition) is 5. The number of nitrogens with zero attached hydrogens (tertiary/aromatic N) is 2. The molecule has 1 unspecified atom stereocenters. The molecule has 0 aliphatic heterocycles. The Labute approximate surface area is 140 Å². The molecule has 0 N–H and O–H groups in total. The monoisotopic (exact) mass is 328 g/mol. The normalized spacial score (nSPS) is 13.0. The average molecular weight is 328 g/mol. The van der Waals surface area contributed by atoms with Gasteiger partial charge in [0.2, 0.25) is 6.54 Å². The number of esters is 1. The number of hydrogen-bond donors (Lipinski definition) is 0. The topological polar surface area (TPSA) is 82.3 Å². The van der Waals surface area contributed by atoms with Gasteiger partial charge >= 0.3 is 5.97 Å². The quantitative estimate of drug-likeness (QED) is 0.422. The molecule has 0 fully saturated rings. The maximum Gasteiger partial charge on any atom is 0.306 e. The molecule has 0 radical (unpaired) electrons. The zero-order valence-electron chi connectivity index (χ0n) is 13.5. The van der Waals surface area contributed by atoms with Gasteiger partial charge in [-0.1, -0.05) is 36.4 Å². The van der Waals surface area contributed by atoms with Crippen molar-refractivity contribution in [2.45, 2.75) is 25.2 Å². The van der Waals surface area contributed by atoms with Crippen molar-refractivity contribution in [3.05, 3.63) is 76.1 Å². The molecule has 1 heterocycles. The molecule has 6 nitrogen and oxygen atoms in total. The first-order valence-corrected chi connectivity index (χ1v) is 7.84. The second-order valence-corrected chi connectivity index (χ2v) is 5.43. The van der Waals surface area contributed by atoms with Gasteiger partial charge in [0.25, 0.3) is 0 Å². The van der Waals surface area contributed by atoms with Crippen molar-refractivity contribution in [1.82, 2.24) is 4.98 Å². The smallest absolute Gasteiger partial charge is 0.306 e. The number of benzene rings is 1. The van der Waals surface area contributed by atoms with E-state index in [0.29, 0.717) is 0 Å². The van der Waals surface area contributed by atoms with Crippen LogP contribution in [-0.4, -0.2) is 29.0 Å². The Morgan fingerprint density at radius 2 is 1.88 bits per heavy atom. The van der Waals surface area contributed by atoms with E-state index in [1.54, 1.807) is 25.4 Å². The van der Waals surface area contributed by atoms with Crippen LogP contribution in [0.4, 0.5) is 0 Å². The molecule has 0 spiro atoms. The lowest BCUT2D eigenvalue weighted by Gasteiger charge is -2.24. The van der Waals surface area contributed by atoms with E-state index >= 15 is 0 Å². The van der Waals surface area contributed by atoms with Crippen LogP contribution in [0.2, 0.25) is 0 Å². The van der Waals surface area contributed by atoms with Crippen LogP contribution in [0.5, 0.6) is 0 Å². The van der Waals surface area contributed by atoms with Crippen molar-refractivity contribution in [2.24, 2.45) is 0 Å². The lowest BCUT2D eigenvalue weighted by molar-refractivity contribution is -0.484. The van der Waals surface area contributed by atoms with E-state index in [1.165, 1.54) is 0 Å². The highest BCUT2D eigenvalue weighted by atomic mass is 16.6. The second-order valence-electron chi connectivity index (χ2n) is 5.43. The summed E-state index contributed by atoms with van der Waals surface area (Å²) in [5.41, 5.74) is 1.62. The van der Waals surface area contributed by atoms with Crippen molar-refractivity contribution >= 4 is 5.97 Å². The zero-order chi connectivity index (χ0) is 17.4. The summed E-state index contributed by atoms with van der Waals surface area (Å²) in [5, 5.41) is 11.2. The first-order chi connectivity index (χ1) is 11.6. The van der Waals surface area contributed by atoms with Gasteiger partial charge in [0, 0.05) is 23.2 Å². The molecule has 0 bridgehead atoms. The van der Waals surface area contributed by atoms with Crippen LogP contribution < -0.4 is 0 Å². The molecule has 0 saturated carbocycles. The van der Waals surface area contributed by atoms with Crippen molar-refractivity contribution < 1.29 is 14.5 Å². The minimum absolute atomic E-state index is 0.0885. The number of carbonyl (C=O) groups is 1. The molecule has 0 aliphatic rings. The fourth-order valence-electron chi connectivity index (χ4n) is 2.81. The number of pyridine rings is 1. The summed E-state index contributed by atoms with van der Waals surface area (Å²) < 4.78 is 5.06. The average Bonchev–Trinajstić information content (AvgIpc) is 2.59. The van der Waals surface area contributed by atoms with Crippen molar-refractivity contribution in [1.29, 1.82) is 0 Å². The van der Waals surface area contributed by atoms with Crippen LogP contribution in [0.25, 0.3) is 0 Å². The third-order valence-electron chi connectivity index (χ3n) is 3.86. The minimum atomic E-state index is -0.458. The van der Waals surface area contributed by atoms with Crippen LogP contribution in [0.1, 0.15) is 36.3 Å². The van der Waals surface area contributed by atoms with E-state index in [2.05, 4.69) is 4.98 Å². The largest absolute Gasteiger partial charge is 0.466 e. The van der Waals surface area contributed by atoms with Gasteiger partial charge in [-0.2, -0.15) is 0 Å². The molecule has 1 aromatic carbocycles. The Bertz CT molecular complexity index is 661. The van der Waals surface area contributed by atoms with E-state index in [0.717, 1.165) is 11.1 Å². The van der Waals surface area contributed by atoms with E-state index in [-0.39, 0.29) is 36.4 Å². The lowest BCUT2D eigenvalue weighted by atomic mass is 9.80. The molecule has 1 aromatic heterocycles. The summed E-state index contributed by atoms with van der Waals surface area (Å²) in [6.45, 7) is 1.75. The summed E-state index contributed by atoms with van der Waals surface area (Å²) >= 11 is 0. The van der Waals surface area contributed by atoms with Gasteiger partial charge in [0.1, 0.15) is 0 Å². The summed E-state index contributed by atoms with van der Waals surface area (Å²) in [4.78, 5) is 27.0. The molecule has 0 aliphatic carbocycles. The van der Waals surface area contributed by atoms with Gasteiger partial charge < -0.3 is 4.74 Å². The fraction of sp³-hybridized carbons (Fsp3) is 0.333. The third-order valence-corrected chi connectivity index (χ3v) is 3.86. The molecule has 126 valence electrons. The van der Waals surface area contributed by atoms with Gasteiger partial charge in [-0.25, -0.2) is 0 Å². The molecule has 24 heavy (non-hydrogen) atoms. The third kappa shape index (κ3) is 4.87. The standard InChI is InChI=1S/C18H20N2O4/c1-2-24-18(21)11-16(14-7-4-3-5-8-14)17(13-20(22)23)15-9-6-10-19-12-15/h3-10,12,16-17H,2,11,13H2,1H3/t16?,17-/m1/s1. The SMILES string of the molecule is CCOC(=O)CC(c1ccccc1)[C@H](C[N+](=O)[O-])c1cccnc1. The molecular formula is C18H20N2O4. The molecule has 2 rings (SSSR count). The molecule has 2 aromatic rings. The van der Waals surface area contributed by atoms with E-state index < -0.39 is 5.92 Å². The maximum atomic E-state index is 12.0. The molecule has 0 saturated heterocycles. The lowest BCUT2D eigenvalue weighted by Crippen LogP contribution is -2.23. The van der Waals surface area contributed by atoms with Crippen LogP contribution in [0.3, 0.4) is 0 Å². The minimum Gasteiger partial charge on any atom is -0.466 e. The Balaban J connectivity index is 2.40.